The first-order chi connectivity index (χ1) is 16.5. The average molecular weight is 455 g/mol. The van der Waals surface area contributed by atoms with Crippen molar-refractivity contribution < 1.29 is 13.9 Å². The number of hydrogen-bond donors (Lipinski definition) is 2. The van der Waals surface area contributed by atoms with Gasteiger partial charge in [0.15, 0.2) is 0 Å². The van der Waals surface area contributed by atoms with Gasteiger partial charge in [0.25, 0.3) is 5.91 Å². The highest BCUT2D eigenvalue weighted by Gasteiger charge is 2.21. The van der Waals surface area contributed by atoms with E-state index in [1.807, 2.05) is 38.1 Å². The summed E-state index contributed by atoms with van der Waals surface area (Å²) in [5.74, 6) is 0.361. The highest BCUT2D eigenvalue weighted by molar-refractivity contribution is 6.26. The molecule has 172 valence electrons. The number of aromatic nitrogens is 1. The molecule has 7 heteroatoms. The maximum atomic E-state index is 13.0. The summed E-state index contributed by atoms with van der Waals surface area (Å²) in [6.07, 6.45) is 0. The zero-order valence-corrected chi connectivity index (χ0v) is 19.3. The van der Waals surface area contributed by atoms with E-state index in [1.54, 1.807) is 0 Å². The number of nitrogens with one attached hydrogen (secondary N) is 1. The number of carbonyl (C=O) groups is 1. The topological polar surface area (TPSA) is 93.6 Å². The Kier molecular flexibility index (Phi) is 4.81. The van der Waals surface area contributed by atoms with Crippen LogP contribution in [0.15, 0.2) is 46.9 Å². The molecule has 1 aliphatic rings. The third-order valence-electron chi connectivity index (χ3n) is 6.84. The first kappa shape index (κ1) is 20.7. The Labute approximate surface area is 196 Å². The van der Waals surface area contributed by atoms with Crippen LogP contribution in [-0.4, -0.2) is 37.2 Å². The summed E-state index contributed by atoms with van der Waals surface area (Å²) in [5, 5.41) is 7.23. The van der Waals surface area contributed by atoms with Gasteiger partial charge in [-0.1, -0.05) is 0 Å². The molecule has 1 fully saturated rings. The Morgan fingerprint density at radius 1 is 1.00 bits per heavy atom. The standard InChI is InChI=1S/C27H26N4O3/c1-15-11-24(28)30-16(2)23(15)14-29-27(32)17-3-5-19-21(12-17)26-22-13-18(31-7-9-33-10-8-31)4-6-20(22)25(19)34-26/h3-6,11-13H,7-10,14H2,1-2H3,(H2,28,30)(H,29,32). The van der Waals surface area contributed by atoms with Crippen molar-refractivity contribution >= 4 is 50.1 Å². The number of ether oxygens (including phenoxy) is 1. The lowest BCUT2D eigenvalue weighted by molar-refractivity contribution is 0.0951. The van der Waals surface area contributed by atoms with Crippen LogP contribution in [0.4, 0.5) is 11.5 Å². The number of carbonyl (C=O) groups excluding carboxylic acids is 1. The number of hydrogen-bond acceptors (Lipinski definition) is 6. The van der Waals surface area contributed by atoms with Gasteiger partial charge in [-0.25, -0.2) is 4.98 Å². The van der Waals surface area contributed by atoms with Gasteiger partial charge in [-0.3, -0.25) is 4.79 Å². The summed E-state index contributed by atoms with van der Waals surface area (Å²) in [6.45, 7) is 7.54. The van der Waals surface area contributed by atoms with E-state index in [9.17, 15) is 4.79 Å². The summed E-state index contributed by atoms with van der Waals surface area (Å²) in [5.41, 5.74) is 12.1. The molecule has 34 heavy (non-hydrogen) atoms. The summed E-state index contributed by atoms with van der Waals surface area (Å²) in [4.78, 5) is 19.6. The van der Waals surface area contributed by atoms with Crippen molar-refractivity contribution in [3.8, 4) is 0 Å². The van der Waals surface area contributed by atoms with Crippen LogP contribution in [0.25, 0.3) is 32.7 Å². The van der Waals surface area contributed by atoms with Crippen LogP contribution in [0.2, 0.25) is 0 Å². The number of nitrogen functional groups attached to an aromatic ring is 1. The number of nitrogens with zero attached hydrogens (tertiary/aromatic N) is 2. The number of anilines is 2. The summed E-state index contributed by atoms with van der Waals surface area (Å²) < 4.78 is 11.7. The van der Waals surface area contributed by atoms with Gasteiger partial charge < -0.3 is 25.1 Å². The molecule has 1 aliphatic heterocycles. The van der Waals surface area contributed by atoms with Gasteiger partial charge in [-0.05, 0) is 67.4 Å². The normalized spacial score (nSPS) is 14.5. The second kappa shape index (κ2) is 7.88. The third kappa shape index (κ3) is 3.31. The van der Waals surface area contributed by atoms with E-state index in [-0.39, 0.29) is 5.91 Å². The van der Waals surface area contributed by atoms with Crippen LogP contribution in [0.3, 0.4) is 0 Å². The van der Waals surface area contributed by atoms with Crippen LogP contribution < -0.4 is 16.0 Å². The first-order valence-electron chi connectivity index (χ1n) is 11.5. The van der Waals surface area contributed by atoms with E-state index in [1.165, 1.54) is 5.69 Å². The third-order valence-corrected chi connectivity index (χ3v) is 6.84. The van der Waals surface area contributed by atoms with Crippen molar-refractivity contribution in [2.24, 2.45) is 0 Å². The Balaban J connectivity index is 1.32. The molecule has 2 aromatic carbocycles. The molecule has 0 radical (unpaired) electrons. The second-order valence-electron chi connectivity index (χ2n) is 8.96. The van der Waals surface area contributed by atoms with Crippen molar-refractivity contribution in [3.05, 3.63) is 64.8 Å². The molecule has 1 saturated heterocycles. The zero-order chi connectivity index (χ0) is 23.4. The Morgan fingerprint density at radius 3 is 2.47 bits per heavy atom. The molecular formula is C27H26N4O3. The smallest absolute Gasteiger partial charge is 0.251 e. The highest BCUT2D eigenvalue weighted by Crippen LogP contribution is 2.42. The molecule has 3 N–H and O–H groups in total. The monoisotopic (exact) mass is 454 g/mol. The number of aryl methyl sites for hydroxylation is 2. The number of rotatable bonds is 4. The minimum atomic E-state index is -0.130. The molecule has 0 atom stereocenters. The van der Waals surface area contributed by atoms with Crippen LogP contribution in [0.1, 0.15) is 27.2 Å². The van der Waals surface area contributed by atoms with Crippen molar-refractivity contribution in [3.63, 3.8) is 0 Å². The lowest BCUT2D eigenvalue weighted by Crippen LogP contribution is -2.36. The maximum absolute atomic E-state index is 13.0. The molecular weight excluding hydrogens is 428 g/mol. The number of furan rings is 2. The van der Waals surface area contributed by atoms with Gasteiger partial charge in [-0.2, -0.15) is 0 Å². The van der Waals surface area contributed by atoms with Crippen LogP contribution in [-0.2, 0) is 11.3 Å². The highest BCUT2D eigenvalue weighted by atomic mass is 16.5. The summed E-state index contributed by atoms with van der Waals surface area (Å²) >= 11 is 0. The molecule has 0 saturated carbocycles. The SMILES string of the molecule is Cc1cc(N)nc(C)c1CNC(=O)c1ccc2c(c1)c1oc2c2ccc(N3CCOCC3)cc21. The Hall–Kier alpha value is -3.84. The largest absolute Gasteiger partial charge is 0.455 e. The molecule has 7 nitrogen and oxygen atoms in total. The van der Waals surface area contributed by atoms with Crippen LogP contribution in [0.5, 0.6) is 0 Å². The van der Waals surface area contributed by atoms with Crippen molar-refractivity contribution in [1.29, 1.82) is 0 Å². The van der Waals surface area contributed by atoms with Gasteiger partial charge in [0, 0.05) is 58.1 Å². The number of amides is 1. The van der Waals surface area contributed by atoms with E-state index in [0.717, 1.165) is 75.8 Å². The minimum absolute atomic E-state index is 0.130. The second-order valence-corrected chi connectivity index (χ2v) is 8.96. The maximum Gasteiger partial charge on any atom is 0.251 e. The van der Waals surface area contributed by atoms with Gasteiger partial charge >= 0.3 is 0 Å². The van der Waals surface area contributed by atoms with E-state index < -0.39 is 0 Å². The van der Waals surface area contributed by atoms with E-state index in [0.29, 0.717) is 17.9 Å². The molecule has 5 aromatic rings. The molecule has 0 aliphatic carbocycles. The number of fused-ring (bicyclic) bond motifs is 8. The van der Waals surface area contributed by atoms with Gasteiger partial charge in [-0.15, -0.1) is 0 Å². The predicted molar refractivity (Wildman–Crippen MR) is 135 cm³/mol. The predicted octanol–water partition coefficient (Wildman–Crippen LogP) is 4.54. The number of benzene rings is 3. The number of morpholine rings is 1. The van der Waals surface area contributed by atoms with Crippen molar-refractivity contribution in [1.82, 2.24) is 10.3 Å². The first-order valence-corrected chi connectivity index (χ1v) is 11.5. The van der Waals surface area contributed by atoms with Gasteiger partial charge in [0.05, 0.1) is 13.2 Å². The van der Waals surface area contributed by atoms with Crippen LogP contribution in [0, 0.1) is 13.8 Å². The Bertz CT molecular complexity index is 1530. The molecule has 3 aromatic heterocycles. The van der Waals surface area contributed by atoms with E-state index in [2.05, 4.69) is 33.4 Å². The molecule has 2 bridgehead atoms. The zero-order valence-electron chi connectivity index (χ0n) is 19.3. The van der Waals surface area contributed by atoms with Gasteiger partial charge in [0.1, 0.15) is 17.0 Å². The fraction of sp³-hybridized carbons (Fsp3) is 0.259. The fourth-order valence-corrected chi connectivity index (χ4v) is 5.05. The average Bonchev–Trinajstić information content (AvgIpc) is 3.40. The van der Waals surface area contributed by atoms with Gasteiger partial charge in [0.2, 0.25) is 0 Å². The Morgan fingerprint density at radius 2 is 1.71 bits per heavy atom. The summed E-state index contributed by atoms with van der Waals surface area (Å²) in [6, 6.07) is 14.1. The lowest BCUT2D eigenvalue weighted by Gasteiger charge is -2.28. The van der Waals surface area contributed by atoms with Crippen LogP contribution >= 0.6 is 0 Å². The lowest BCUT2D eigenvalue weighted by atomic mass is 10.0. The molecule has 4 heterocycles. The van der Waals surface area contributed by atoms with E-state index in [4.69, 9.17) is 14.9 Å². The van der Waals surface area contributed by atoms with Crippen molar-refractivity contribution in [2.75, 3.05) is 36.9 Å². The number of nitrogens with two attached hydrogens (primary N) is 1. The number of pyridine rings is 1. The molecule has 1 amide bonds. The minimum Gasteiger partial charge on any atom is -0.455 e. The summed E-state index contributed by atoms with van der Waals surface area (Å²) in [7, 11) is 0. The van der Waals surface area contributed by atoms with E-state index >= 15 is 0 Å². The quantitative estimate of drug-likeness (QED) is 0.387. The fourth-order valence-electron chi connectivity index (χ4n) is 5.05. The molecule has 6 rings (SSSR count). The molecule has 0 unspecified atom stereocenters. The molecule has 0 spiro atoms. The van der Waals surface area contributed by atoms with Crippen molar-refractivity contribution in [2.45, 2.75) is 20.4 Å².